The van der Waals surface area contributed by atoms with Gasteiger partial charge in [0.05, 0.1) is 5.69 Å². The molecule has 0 amide bonds. The van der Waals surface area contributed by atoms with E-state index < -0.39 is 0 Å². The van der Waals surface area contributed by atoms with Crippen molar-refractivity contribution in [3.05, 3.63) is 52.9 Å². The number of aromatic nitrogens is 2. The molecule has 0 aliphatic heterocycles. The van der Waals surface area contributed by atoms with Gasteiger partial charge in [-0.2, -0.15) is 0 Å². The van der Waals surface area contributed by atoms with Crippen LogP contribution in [-0.2, 0) is 0 Å². The highest BCUT2D eigenvalue weighted by Crippen LogP contribution is 2.21. The number of hydrogen-bond acceptors (Lipinski definition) is 3. The van der Waals surface area contributed by atoms with Crippen LogP contribution in [-0.4, -0.2) is 16.0 Å². The van der Waals surface area contributed by atoms with Crippen LogP contribution in [0.2, 0.25) is 5.02 Å². The first-order valence-corrected chi connectivity index (χ1v) is 6.82. The van der Waals surface area contributed by atoms with E-state index in [2.05, 4.69) is 27.1 Å². The van der Waals surface area contributed by atoms with Crippen molar-refractivity contribution in [1.82, 2.24) is 9.97 Å². The van der Waals surface area contributed by atoms with Gasteiger partial charge in [0.2, 0.25) is 0 Å². The van der Waals surface area contributed by atoms with Crippen molar-refractivity contribution in [2.45, 2.75) is 26.3 Å². The lowest BCUT2D eigenvalue weighted by atomic mass is 10.2. The SMILES string of the molecule is Cc1ncnc(NC(C)CC#Cc2ccccc2)c1Cl. The summed E-state index contributed by atoms with van der Waals surface area (Å²) in [6.07, 6.45) is 2.22. The maximum Gasteiger partial charge on any atom is 0.148 e. The van der Waals surface area contributed by atoms with Crippen LogP contribution < -0.4 is 5.32 Å². The second kappa shape index (κ2) is 6.93. The molecule has 1 heterocycles. The molecule has 1 aromatic heterocycles. The van der Waals surface area contributed by atoms with E-state index in [1.165, 1.54) is 6.33 Å². The number of anilines is 1. The van der Waals surface area contributed by atoms with E-state index in [1.54, 1.807) is 0 Å². The van der Waals surface area contributed by atoms with Crippen LogP contribution >= 0.6 is 11.6 Å². The molecule has 0 radical (unpaired) electrons. The van der Waals surface area contributed by atoms with Crippen molar-refractivity contribution < 1.29 is 0 Å². The third kappa shape index (κ3) is 3.97. The highest BCUT2D eigenvalue weighted by atomic mass is 35.5. The lowest BCUT2D eigenvalue weighted by Gasteiger charge is -2.13. The van der Waals surface area contributed by atoms with Gasteiger partial charge in [0.25, 0.3) is 0 Å². The molecule has 102 valence electrons. The number of hydrogen-bond donors (Lipinski definition) is 1. The van der Waals surface area contributed by atoms with E-state index in [9.17, 15) is 0 Å². The van der Waals surface area contributed by atoms with Crippen LogP contribution in [0.4, 0.5) is 5.82 Å². The lowest BCUT2D eigenvalue weighted by molar-refractivity contribution is 0.818. The predicted octanol–water partition coefficient (Wildman–Crippen LogP) is 3.68. The maximum atomic E-state index is 6.14. The van der Waals surface area contributed by atoms with E-state index in [-0.39, 0.29) is 6.04 Å². The van der Waals surface area contributed by atoms with Crippen LogP contribution in [0.25, 0.3) is 0 Å². The summed E-state index contributed by atoms with van der Waals surface area (Å²) in [6.45, 7) is 3.91. The second-order valence-electron chi connectivity index (χ2n) is 4.54. The molecule has 1 unspecified atom stereocenters. The third-order valence-electron chi connectivity index (χ3n) is 2.76. The molecular weight excluding hydrogens is 270 g/mol. The van der Waals surface area contributed by atoms with Crippen LogP contribution in [0, 0.1) is 18.8 Å². The third-order valence-corrected chi connectivity index (χ3v) is 3.21. The molecule has 1 atom stereocenters. The van der Waals surface area contributed by atoms with E-state index in [4.69, 9.17) is 11.6 Å². The summed E-state index contributed by atoms with van der Waals surface area (Å²) in [6, 6.07) is 10.1. The van der Waals surface area contributed by atoms with Crippen molar-refractivity contribution in [1.29, 1.82) is 0 Å². The second-order valence-corrected chi connectivity index (χ2v) is 4.92. The molecule has 0 spiro atoms. The summed E-state index contributed by atoms with van der Waals surface area (Å²) < 4.78 is 0. The Labute approximate surface area is 124 Å². The molecule has 2 aromatic rings. The Balaban J connectivity index is 1.95. The molecule has 0 saturated heterocycles. The van der Waals surface area contributed by atoms with Crippen LogP contribution in [0.1, 0.15) is 24.6 Å². The van der Waals surface area contributed by atoms with Crippen LogP contribution in [0.5, 0.6) is 0 Å². The minimum absolute atomic E-state index is 0.165. The fourth-order valence-electron chi connectivity index (χ4n) is 1.67. The summed E-state index contributed by atoms with van der Waals surface area (Å²) in [4.78, 5) is 8.18. The topological polar surface area (TPSA) is 37.8 Å². The lowest BCUT2D eigenvalue weighted by Crippen LogP contribution is -2.16. The fourth-order valence-corrected chi connectivity index (χ4v) is 1.82. The van der Waals surface area contributed by atoms with Gasteiger partial charge in [-0.3, -0.25) is 0 Å². The van der Waals surface area contributed by atoms with Gasteiger partial charge in [0, 0.05) is 18.0 Å². The van der Waals surface area contributed by atoms with Gasteiger partial charge in [-0.25, -0.2) is 9.97 Å². The number of nitrogens with one attached hydrogen (secondary N) is 1. The quantitative estimate of drug-likeness (QED) is 0.874. The molecule has 4 heteroatoms. The summed E-state index contributed by atoms with van der Waals surface area (Å²) in [5, 5.41) is 3.82. The summed E-state index contributed by atoms with van der Waals surface area (Å²) in [5.74, 6) is 6.95. The molecule has 0 aliphatic rings. The largest absolute Gasteiger partial charge is 0.365 e. The molecule has 1 aromatic carbocycles. The Morgan fingerprint density at radius 3 is 2.75 bits per heavy atom. The van der Waals surface area contributed by atoms with Gasteiger partial charge in [0.1, 0.15) is 17.2 Å². The van der Waals surface area contributed by atoms with Crippen molar-refractivity contribution >= 4 is 17.4 Å². The summed E-state index contributed by atoms with van der Waals surface area (Å²) in [5.41, 5.74) is 1.79. The standard InChI is InChI=1S/C16H16ClN3/c1-12(7-6-10-14-8-4-3-5-9-14)20-16-15(17)13(2)18-11-19-16/h3-5,8-9,11-12H,7H2,1-2H3,(H,18,19,20). The number of nitrogens with zero attached hydrogens (tertiary/aromatic N) is 2. The molecule has 2 rings (SSSR count). The van der Waals surface area contributed by atoms with Gasteiger partial charge in [-0.1, -0.05) is 41.6 Å². The van der Waals surface area contributed by atoms with Gasteiger partial charge in [-0.05, 0) is 26.0 Å². The molecule has 0 saturated carbocycles. The van der Waals surface area contributed by atoms with Crippen molar-refractivity contribution in [2.24, 2.45) is 0 Å². The summed E-state index contributed by atoms with van der Waals surface area (Å²) in [7, 11) is 0. The van der Waals surface area contributed by atoms with Crippen molar-refractivity contribution in [3.63, 3.8) is 0 Å². The van der Waals surface area contributed by atoms with Crippen molar-refractivity contribution in [2.75, 3.05) is 5.32 Å². The zero-order valence-corrected chi connectivity index (χ0v) is 12.3. The molecule has 0 bridgehead atoms. The Bertz CT molecular complexity index is 629. The Hall–Kier alpha value is -2.05. The fraction of sp³-hybridized carbons (Fsp3) is 0.250. The normalized spacial score (nSPS) is 11.3. The van der Waals surface area contributed by atoms with E-state index in [0.717, 1.165) is 11.3 Å². The molecular formula is C16H16ClN3. The highest BCUT2D eigenvalue weighted by molar-refractivity contribution is 6.33. The number of benzene rings is 1. The maximum absolute atomic E-state index is 6.14. The molecule has 0 fully saturated rings. The van der Waals surface area contributed by atoms with Gasteiger partial charge in [-0.15, -0.1) is 0 Å². The zero-order chi connectivity index (χ0) is 14.4. The smallest absolute Gasteiger partial charge is 0.148 e. The number of rotatable bonds is 3. The Morgan fingerprint density at radius 2 is 2.00 bits per heavy atom. The van der Waals surface area contributed by atoms with E-state index in [1.807, 2.05) is 44.2 Å². The average molecular weight is 286 g/mol. The van der Waals surface area contributed by atoms with E-state index >= 15 is 0 Å². The Kier molecular flexibility index (Phi) is 4.97. The minimum atomic E-state index is 0.165. The van der Waals surface area contributed by atoms with Crippen LogP contribution in [0.15, 0.2) is 36.7 Å². The van der Waals surface area contributed by atoms with E-state index in [0.29, 0.717) is 17.3 Å². The molecule has 20 heavy (non-hydrogen) atoms. The zero-order valence-electron chi connectivity index (χ0n) is 11.5. The van der Waals surface area contributed by atoms with Gasteiger partial charge >= 0.3 is 0 Å². The summed E-state index contributed by atoms with van der Waals surface area (Å²) >= 11 is 6.14. The minimum Gasteiger partial charge on any atom is -0.365 e. The highest BCUT2D eigenvalue weighted by Gasteiger charge is 2.07. The molecule has 3 nitrogen and oxygen atoms in total. The first-order chi connectivity index (χ1) is 9.66. The van der Waals surface area contributed by atoms with Gasteiger partial charge < -0.3 is 5.32 Å². The molecule has 1 N–H and O–H groups in total. The van der Waals surface area contributed by atoms with Crippen LogP contribution in [0.3, 0.4) is 0 Å². The molecule has 0 aliphatic carbocycles. The number of halogens is 1. The van der Waals surface area contributed by atoms with Gasteiger partial charge in [0.15, 0.2) is 0 Å². The first kappa shape index (κ1) is 14.4. The monoisotopic (exact) mass is 285 g/mol. The average Bonchev–Trinajstić information content (AvgIpc) is 2.45. The predicted molar refractivity (Wildman–Crippen MR) is 82.8 cm³/mol. The Morgan fingerprint density at radius 1 is 1.25 bits per heavy atom. The first-order valence-electron chi connectivity index (χ1n) is 6.44. The van der Waals surface area contributed by atoms with Crippen molar-refractivity contribution in [3.8, 4) is 11.8 Å². The number of aryl methyl sites for hydroxylation is 1.